The number of hydrogen-bond acceptors (Lipinski definition) is 5. The predicted octanol–water partition coefficient (Wildman–Crippen LogP) is 4.17. The Morgan fingerprint density at radius 2 is 1.80 bits per heavy atom. The molecule has 1 amide bonds. The van der Waals surface area contributed by atoms with Crippen LogP contribution in [0.3, 0.4) is 0 Å². The van der Waals surface area contributed by atoms with Gasteiger partial charge in [-0.25, -0.2) is 4.68 Å². The number of anilines is 1. The molecule has 3 aromatic rings. The number of benzene rings is 2. The van der Waals surface area contributed by atoms with Crippen LogP contribution in [0.15, 0.2) is 59.4 Å². The third-order valence-electron chi connectivity index (χ3n) is 4.61. The molecule has 156 valence electrons. The molecule has 1 aromatic heterocycles. The summed E-state index contributed by atoms with van der Waals surface area (Å²) in [6, 6.07) is 14.8. The number of rotatable bonds is 7. The smallest absolute Gasteiger partial charge is 0.267 e. The van der Waals surface area contributed by atoms with Crippen molar-refractivity contribution in [1.82, 2.24) is 9.78 Å². The molecule has 3 rings (SSSR count). The molecule has 0 spiro atoms. The number of methoxy groups -OCH3 is 2. The summed E-state index contributed by atoms with van der Waals surface area (Å²) < 4.78 is 11.7. The highest BCUT2D eigenvalue weighted by atomic mass is 35.5. The second-order valence-corrected chi connectivity index (χ2v) is 6.87. The Bertz CT molecular complexity index is 1100. The normalized spacial score (nSPS) is 11.6. The van der Waals surface area contributed by atoms with Gasteiger partial charge in [-0.05, 0) is 18.6 Å². The van der Waals surface area contributed by atoms with Crippen molar-refractivity contribution in [2.45, 2.75) is 19.4 Å². The van der Waals surface area contributed by atoms with Crippen LogP contribution in [0.1, 0.15) is 19.4 Å². The average Bonchev–Trinajstić information content (AvgIpc) is 2.76. The van der Waals surface area contributed by atoms with Gasteiger partial charge < -0.3 is 14.8 Å². The first-order valence-electron chi connectivity index (χ1n) is 9.36. The molecule has 0 radical (unpaired) electrons. The maximum atomic E-state index is 13.0. The van der Waals surface area contributed by atoms with Crippen molar-refractivity contribution in [2.24, 2.45) is 0 Å². The Labute approximate surface area is 179 Å². The van der Waals surface area contributed by atoms with E-state index in [-0.39, 0.29) is 5.56 Å². The van der Waals surface area contributed by atoms with Crippen molar-refractivity contribution in [3.05, 3.63) is 70.0 Å². The first-order valence-corrected chi connectivity index (χ1v) is 9.74. The van der Waals surface area contributed by atoms with Crippen molar-refractivity contribution in [3.8, 4) is 22.8 Å². The molecule has 1 heterocycles. The van der Waals surface area contributed by atoms with E-state index < -0.39 is 11.9 Å². The lowest BCUT2D eigenvalue weighted by atomic mass is 10.1. The van der Waals surface area contributed by atoms with Gasteiger partial charge >= 0.3 is 0 Å². The standard InChI is InChI=1S/C22H22ClN3O4/c1-4-18(22(28)24-17-12-15(23)19(29-2)13-20(17)30-3)26-21(27)11-10-16(25-26)14-8-6-5-7-9-14/h5-13,18H,4H2,1-3H3,(H,24,28). The Kier molecular flexibility index (Phi) is 6.74. The topological polar surface area (TPSA) is 82.4 Å². The lowest BCUT2D eigenvalue weighted by Crippen LogP contribution is -2.34. The Balaban J connectivity index is 1.94. The monoisotopic (exact) mass is 427 g/mol. The number of hydrogen-bond donors (Lipinski definition) is 1. The molecular weight excluding hydrogens is 406 g/mol. The highest BCUT2D eigenvalue weighted by Crippen LogP contribution is 2.36. The van der Waals surface area contributed by atoms with Crippen molar-refractivity contribution < 1.29 is 14.3 Å². The van der Waals surface area contributed by atoms with Gasteiger partial charge in [0.15, 0.2) is 0 Å². The second-order valence-electron chi connectivity index (χ2n) is 6.47. The summed E-state index contributed by atoms with van der Waals surface area (Å²) in [5, 5.41) is 7.54. The molecule has 1 N–H and O–H groups in total. The Morgan fingerprint density at radius 1 is 1.10 bits per heavy atom. The fraction of sp³-hybridized carbons (Fsp3) is 0.227. The lowest BCUT2D eigenvalue weighted by Gasteiger charge is -2.19. The van der Waals surface area contributed by atoms with Gasteiger partial charge in [0.1, 0.15) is 17.5 Å². The fourth-order valence-electron chi connectivity index (χ4n) is 3.05. The van der Waals surface area contributed by atoms with Gasteiger partial charge in [-0.15, -0.1) is 0 Å². The van der Waals surface area contributed by atoms with E-state index in [4.69, 9.17) is 21.1 Å². The summed E-state index contributed by atoms with van der Waals surface area (Å²) in [4.78, 5) is 25.5. The SMILES string of the molecule is CCC(C(=O)Nc1cc(Cl)c(OC)cc1OC)n1nc(-c2ccccc2)ccc1=O. The minimum atomic E-state index is -0.813. The first-order chi connectivity index (χ1) is 14.5. The molecule has 2 aromatic carbocycles. The molecular formula is C22H22ClN3O4. The molecule has 0 saturated carbocycles. The van der Waals surface area contributed by atoms with Crippen LogP contribution in [-0.4, -0.2) is 29.9 Å². The maximum absolute atomic E-state index is 13.0. The highest BCUT2D eigenvalue weighted by Gasteiger charge is 2.23. The number of carbonyl (C=O) groups excluding carboxylic acids is 1. The first kappa shape index (κ1) is 21.4. The molecule has 30 heavy (non-hydrogen) atoms. The molecule has 1 unspecified atom stereocenters. The van der Waals surface area contributed by atoms with Crippen LogP contribution in [0.2, 0.25) is 5.02 Å². The van der Waals surface area contributed by atoms with Crippen molar-refractivity contribution in [3.63, 3.8) is 0 Å². The van der Waals surface area contributed by atoms with Crippen LogP contribution < -0.4 is 20.3 Å². The van der Waals surface area contributed by atoms with Crippen molar-refractivity contribution in [2.75, 3.05) is 19.5 Å². The van der Waals surface area contributed by atoms with Crippen LogP contribution in [0, 0.1) is 0 Å². The van der Waals surface area contributed by atoms with E-state index in [0.29, 0.717) is 34.3 Å². The van der Waals surface area contributed by atoms with E-state index in [9.17, 15) is 9.59 Å². The maximum Gasteiger partial charge on any atom is 0.267 e. The third-order valence-corrected chi connectivity index (χ3v) is 4.91. The minimum Gasteiger partial charge on any atom is -0.495 e. The Hall–Kier alpha value is -3.32. The van der Waals surface area contributed by atoms with Gasteiger partial charge in [-0.1, -0.05) is 48.9 Å². The highest BCUT2D eigenvalue weighted by molar-refractivity contribution is 6.32. The quantitative estimate of drug-likeness (QED) is 0.611. The molecule has 0 aliphatic heterocycles. The van der Waals surface area contributed by atoms with E-state index in [1.54, 1.807) is 18.2 Å². The fourth-order valence-corrected chi connectivity index (χ4v) is 3.30. The van der Waals surface area contributed by atoms with E-state index in [1.165, 1.54) is 25.0 Å². The van der Waals surface area contributed by atoms with Crippen LogP contribution >= 0.6 is 11.6 Å². The molecule has 0 aliphatic rings. The zero-order valence-corrected chi connectivity index (χ0v) is 17.6. The summed E-state index contributed by atoms with van der Waals surface area (Å²) in [5.41, 5.74) is 1.46. The molecule has 7 nitrogen and oxygen atoms in total. The van der Waals surface area contributed by atoms with Crippen LogP contribution in [-0.2, 0) is 4.79 Å². The van der Waals surface area contributed by atoms with E-state index in [0.717, 1.165) is 5.56 Å². The predicted molar refractivity (Wildman–Crippen MR) is 116 cm³/mol. The van der Waals surface area contributed by atoms with Gasteiger partial charge in [-0.2, -0.15) is 5.10 Å². The number of carbonyl (C=O) groups is 1. The number of amides is 1. The number of aromatic nitrogens is 2. The zero-order chi connectivity index (χ0) is 21.7. The summed E-state index contributed by atoms with van der Waals surface area (Å²) in [6.07, 6.45) is 0.364. The van der Waals surface area contributed by atoms with Crippen molar-refractivity contribution >= 4 is 23.2 Å². The summed E-state index contributed by atoms with van der Waals surface area (Å²) in [6.45, 7) is 1.81. The average molecular weight is 428 g/mol. The van der Waals surface area contributed by atoms with Crippen LogP contribution in [0.5, 0.6) is 11.5 Å². The van der Waals surface area contributed by atoms with Crippen LogP contribution in [0.4, 0.5) is 5.69 Å². The number of nitrogens with one attached hydrogen (secondary N) is 1. The van der Waals surface area contributed by atoms with Gasteiger partial charge in [0.2, 0.25) is 5.91 Å². The number of halogens is 1. The zero-order valence-electron chi connectivity index (χ0n) is 16.9. The van der Waals surface area contributed by atoms with E-state index in [2.05, 4.69) is 10.4 Å². The summed E-state index contributed by atoms with van der Waals surface area (Å²) >= 11 is 6.19. The largest absolute Gasteiger partial charge is 0.495 e. The van der Waals surface area contributed by atoms with E-state index >= 15 is 0 Å². The number of ether oxygens (including phenoxy) is 2. The molecule has 8 heteroatoms. The van der Waals surface area contributed by atoms with Crippen molar-refractivity contribution in [1.29, 1.82) is 0 Å². The summed E-state index contributed by atoms with van der Waals surface area (Å²) in [5.74, 6) is 0.404. The Morgan fingerprint density at radius 3 is 2.43 bits per heavy atom. The molecule has 0 bridgehead atoms. The van der Waals surface area contributed by atoms with Crippen LogP contribution in [0.25, 0.3) is 11.3 Å². The van der Waals surface area contributed by atoms with Gasteiger partial charge in [0.05, 0.1) is 30.6 Å². The van der Waals surface area contributed by atoms with Gasteiger partial charge in [0, 0.05) is 17.7 Å². The molecule has 0 aliphatic carbocycles. The molecule has 1 atom stereocenters. The second kappa shape index (κ2) is 9.45. The molecule has 0 saturated heterocycles. The van der Waals surface area contributed by atoms with Gasteiger partial charge in [0.25, 0.3) is 5.56 Å². The lowest BCUT2D eigenvalue weighted by molar-refractivity contribution is -0.119. The number of nitrogens with zero attached hydrogens (tertiary/aromatic N) is 2. The summed E-state index contributed by atoms with van der Waals surface area (Å²) in [7, 11) is 2.97. The van der Waals surface area contributed by atoms with Gasteiger partial charge in [-0.3, -0.25) is 9.59 Å². The van der Waals surface area contributed by atoms with E-state index in [1.807, 2.05) is 37.3 Å². The molecule has 0 fully saturated rings. The third kappa shape index (κ3) is 4.46. The minimum absolute atomic E-state index is 0.322.